The maximum absolute atomic E-state index is 11.2. The van der Waals surface area contributed by atoms with Crippen molar-refractivity contribution in [3.63, 3.8) is 0 Å². The summed E-state index contributed by atoms with van der Waals surface area (Å²) in [6, 6.07) is 3.18. The summed E-state index contributed by atoms with van der Waals surface area (Å²) < 4.78 is 4.55. The van der Waals surface area contributed by atoms with Gasteiger partial charge in [-0.1, -0.05) is 11.3 Å². The number of carbonyl (C=O) groups excluding carboxylic acids is 2. The van der Waals surface area contributed by atoms with Crippen LogP contribution in [0.1, 0.15) is 10.5 Å². The number of anilines is 1. The summed E-state index contributed by atoms with van der Waals surface area (Å²) in [5.41, 5.74) is 0.846. The van der Waals surface area contributed by atoms with E-state index in [1.54, 1.807) is 6.07 Å². The van der Waals surface area contributed by atoms with Crippen LogP contribution in [0.3, 0.4) is 0 Å². The molecule has 7 heteroatoms. The Kier molecular flexibility index (Phi) is 2.78. The fourth-order valence-electron chi connectivity index (χ4n) is 1.15. The molecule has 0 atom stereocenters. The Labute approximate surface area is 94.3 Å². The minimum Gasteiger partial charge on any atom is -0.464 e. The molecule has 0 saturated heterocycles. The van der Waals surface area contributed by atoms with Gasteiger partial charge in [0.05, 0.1) is 7.11 Å². The normalized spacial score (nSPS) is 10.1. The highest BCUT2D eigenvalue weighted by Crippen LogP contribution is 2.23. The Morgan fingerprint density at radius 3 is 3.00 bits per heavy atom. The first-order valence-electron chi connectivity index (χ1n) is 4.30. The topological polar surface area (TPSA) is 81.2 Å². The molecule has 0 radical (unpaired) electrons. The molecule has 0 unspecified atom stereocenters. The minimum absolute atomic E-state index is 0.219. The predicted molar refractivity (Wildman–Crippen MR) is 58.4 cm³/mol. The van der Waals surface area contributed by atoms with Gasteiger partial charge in [0.1, 0.15) is 16.0 Å². The number of hydrogen-bond acceptors (Lipinski definition) is 6. The van der Waals surface area contributed by atoms with E-state index in [1.807, 2.05) is 0 Å². The number of ether oxygens (including phenoxy) is 1. The van der Waals surface area contributed by atoms with Crippen LogP contribution in [0.4, 0.5) is 5.13 Å². The van der Waals surface area contributed by atoms with Crippen molar-refractivity contribution in [2.24, 2.45) is 0 Å². The van der Waals surface area contributed by atoms with E-state index in [0.717, 1.165) is 0 Å². The molecule has 0 saturated carbocycles. The van der Waals surface area contributed by atoms with Crippen LogP contribution >= 0.6 is 11.3 Å². The van der Waals surface area contributed by atoms with Gasteiger partial charge < -0.3 is 10.1 Å². The molecule has 2 aromatic rings. The van der Waals surface area contributed by atoms with E-state index in [9.17, 15) is 9.59 Å². The maximum Gasteiger partial charge on any atom is 0.356 e. The fourth-order valence-corrected chi connectivity index (χ4v) is 1.94. The van der Waals surface area contributed by atoms with Crippen LogP contribution in [0, 0.1) is 0 Å². The van der Waals surface area contributed by atoms with Gasteiger partial charge in [0.25, 0.3) is 0 Å². The first kappa shape index (κ1) is 10.5. The highest BCUT2D eigenvalue weighted by Gasteiger charge is 2.10. The van der Waals surface area contributed by atoms with E-state index in [-0.39, 0.29) is 5.69 Å². The van der Waals surface area contributed by atoms with E-state index in [1.165, 1.54) is 24.5 Å². The highest BCUT2D eigenvalue weighted by molar-refractivity contribution is 7.21. The first-order valence-corrected chi connectivity index (χ1v) is 5.12. The quantitative estimate of drug-likeness (QED) is 0.637. The van der Waals surface area contributed by atoms with Crippen molar-refractivity contribution in [1.82, 2.24) is 9.97 Å². The van der Waals surface area contributed by atoms with Crippen molar-refractivity contribution in [3.8, 4) is 0 Å². The first-order chi connectivity index (χ1) is 7.74. The van der Waals surface area contributed by atoms with E-state index in [2.05, 4.69) is 20.0 Å². The predicted octanol–water partition coefficient (Wildman–Crippen LogP) is 1.05. The van der Waals surface area contributed by atoms with Gasteiger partial charge in [-0.25, -0.2) is 14.8 Å². The molecule has 1 amide bonds. The molecule has 2 rings (SSSR count). The summed E-state index contributed by atoms with van der Waals surface area (Å²) in [5.74, 6) is -0.500. The number of pyridine rings is 1. The van der Waals surface area contributed by atoms with Gasteiger partial charge in [-0.3, -0.25) is 4.79 Å². The SMILES string of the molecule is COC(=O)c1ccc2nc(NC=O)sc2n1. The van der Waals surface area contributed by atoms with Gasteiger partial charge in [-0.05, 0) is 12.1 Å². The highest BCUT2D eigenvalue weighted by atomic mass is 32.1. The van der Waals surface area contributed by atoms with Gasteiger partial charge in [-0.2, -0.15) is 0 Å². The standard InChI is InChI=1S/C9H7N3O3S/c1-15-8(14)6-3-2-5-7(11-6)16-9(12-5)10-4-13/h2-4H,1H3,(H,10,12,13). The molecule has 16 heavy (non-hydrogen) atoms. The van der Waals surface area contributed by atoms with Gasteiger partial charge in [-0.15, -0.1) is 0 Å². The van der Waals surface area contributed by atoms with Gasteiger partial charge in [0.2, 0.25) is 6.41 Å². The molecule has 6 nitrogen and oxygen atoms in total. The average Bonchev–Trinajstić information content (AvgIpc) is 2.69. The number of hydrogen-bond donors (Lipinski definition) is 1. The molecule has 0 aliphatic rings. The molecule has 0 aliphatic heterocycles. The summed E-state index contributed by atoms with van der Waals surface area (Å²) in [4.78, 5) is 30.2. The Bertz CT molecular complexity index is 552. The van der Waals surface area contributed by atoms with Crippen LogP contribution in [0.15, 0.2) is 12.1 Å². The summed E-state index contributed by atoms with van der Waals surface area (Å²) in [6.45, 7) is 0. The zero-order valence-electron chi connectivity index (χ0n) is 8.26. The van der Waals surface area contributed by atoms with Crippen LogP contribution in [0.2, 0.25) is 0 Å². The van der Waals surface area contributed by atoms with E-state index >= 15 is 0 Å². The summed E-state index contributed by atoms with van der Waals surface area (Å²) >= 11 is 1.19. The lowest BCUT2D eigenvalue weighted by Gasteiger charge is -1.96. The molecule has 2 heterocycles. The van der Waals surface area contributed by atoms with Crippen molar-refractivity contribution < 1.29 is 14.3 Å². The second-order valence-electron chi connectivity index (χ2n) is 2.79. The molecule has 0 aliphatic carbocycles. The Morgan fingerprint density at radius 1 is 1.50 bits per heavy atom. The number of nitrogens with one attached hydrogen (secondary N) is 1. The van der Waals surface area contributed by atoms with Gasteiger partial charge >= 0.3 is 5.97 Å². The molecule has 0 aromatic carbocycles. The second-order valence-corrected chi connectivity index (χ2v) is 3.77. The molecule has 0 spiro atoms. The number of methoxy groups -OCH3 is 1. The number of aromatic nitrogens is 2. The largest absolute Gasteiger partial charge is 0.464 e. The lowest BCUT2D eigenvalue weighted by molar-refractivity contribution is -0.105. The Morgan fingerprint density at radius 2 is 2.31 bits per heavy atom. The average molecular weight is 237 g/mol. The third kappa shape index (κ3) is 1.84. The lowest BCUT2D eigenvalue weighted by Crippen LogP contribution is -2.03. The zero-order valence-corrected chi connectivity index (χ0v) is 9.08. The van der Waals surface area contributed by atoms with Gasteiger partial charge in [0.15, 0.2) is 5.13 Å². The fraction of sp³-hybridized carbons (Fsp3) is 0.111. The zero-order chi connectivity index (χ0) is 11.5. The van der Waals surface area contributed by atoms with Crippen molar-refractivity contribution >= 4 is 39.2 Å². The molecular weight excluding hydrogens is 230 g/mol. The van der Waals surface area contributed by atoms with E-state index < -0.39 is 5.97 Å². The summed E-state index contributed by atoms with van der Waals surface area (Å²) in [6.07, 6.45) is 0.541. The smallest absolute Gasteiger partial charge is 0.356 e. The minimum atomic E-state index is -0.500. The molecule has 82 valence electrons. The van der Waals surface area contributed by atoms with E-state index in [4.69, 9.17) is 0 Å². The molecule has 2 aromatic heterocycles. The monoisotopic (exact) mass is 237 g/mol. The molecule has 0 fully saturated rings. The number of carbonyl (C=O) groups is 2. The van der Waals surface area contributed by atoms with Gasteiger partial charge in [0, 0.05) is 0 Å². The Hall–Kier alpha value is -2.02. The molecule has 1 N–H and O–H groups in total. The van der Waals surface area contributed by atoms with Crippen molar-refractivity contribution in [1.29, 1.82) is 0 Å². The number of amides is 1. The van der Waals surface area contributed by atoms with Crippen molar-refractivity contribution in [2.45, 2.75) is 0 Å². The van der Waals surface area contributed by atoms with E-state index in [0.29, 0.717) is 21.9 Å². The number of rotatable bonds is 3. The number of thiazole rings is 1. The maximum atomic E-state index is 11.2. The van der Waals surface area contributed by atoms with Crippen LogP contribution in [-0.4, -0.2) is 29.5 Å². The third-order valence-corrected chi connectivity index (χ3v) is 2.73. The molecule has 0 bridgehead atoms. The lowest BCUT2D eigenvalue weighted by atomic mass is 10.3. The summed E-state index contributed by atoms with van der Waals surface area (Å²) in [5, 5.41) is 2.87. The third-order valence-electron chi connectivity index (χ3n) is 1.83. The number of nitrogens with zero attached hydrogens (tertiary/aromatic N) is 2. The molecular formula is C9H7N3O3S. The number of esters is 1. The summed E-state index contributed by atoms with van der Waals surface area (Å²) in [7, 11) is 1.29. The second kappa shape index (κ2) is 4.23. The van der Waals surface area contributed by atoms with Crippen LogP contribution in [0.5, 0.6) is 0 Å². The van der Waals surface area contributed by atoms with Crippen LogP contribution in [0.25, 0.3) is 10.3 Å². The van der Waals surface area contributed by atoms with Crippen LogP contribution in [-0.2, 0) is 9.53 Å². The van der Waals surface area contributed by atoms with Crippen LogP contribution < -0.4 is 5.32 Å². The number of fused-ring (bicyclic) bond motifs is 1. The van der Waals surface area contributed by atoms with Crippen molar-refractivity contribution in [2.75, 3.05) is 12.4 Å². The van der Waals surface area contributed by atoms with Crippen molar-refractivity contribution in [3.05, 3.63) is 17.8 Å². The Balaban J connectivity index is 2.45.